The molecule has 0 spiro atoms. The van der Waals surface area contributed by atoms with Gasteiger partial charge in [0.1, 0.15) is 0 Å². The minimum Gasteiger partial charge on any atom is -0.481 e. The summed E-state index contributed by atoms with van der Waals surface area (Å²) in [6.45, 7) is 1.71. The zero-order valence-electron chi connectivity index (χ0n) is 8.61. The molecule has 0 aliphatic rings. The zero-order valence-corrected chi connectivity index (χ0v) is 9.36. The molecule has 1 atom stereocenters. The molecule has 0 heterocycles. The van der Waals surface area contributed by atoms with Gasteiger partial charge in [0, 0.05) is 5.02 Å². The first kappa shape index (κ1) is 12.5. The van der Waals surface area contributed by atoms with Gasteiger partial charge in [0.05, 0.1) is 12.3 Å². The van der Waals surface area contributed by atoms with Gasteiger partial charge in [-0.2, -0.15) is 0 Å². The molecule has 1 unspecified atom stereocenters. The molecule has 0 aromatic heterocycles. The van der Waals surface area contributed by atoms with Gasteiger partial charge >= 0.3 is 11.9 Å². The topological polar surface area (TPSA) is 74.6 Å². The van der Waals surface area contributed by atoms with Crippen molar-refractivity contribution in [1.29, 1.82) is 0 Å². The number of carboxylic acid groups (broad SMARTS) is 2. The maximum atomic E-state index is 11.0. The molecular formula is C11H11ClO4. The molecule has 0 saturated heterocycles. The maximum absolute atomic E-state index is 11.0. The zero-order chi connectivity index (χ0) is 12.3. The lowest BCUT2D eigenvalue weighted by Crippen LogP contribution is -2.16. The molecule has 16 heavy (non-hydrogen) atoms. The van der Waals surface area contributed by atoms with Crippen molar-refractivity contribution in [3.63, 3.8) is 0 Å². The van der Waals surface area contributed by atoms with Gasteiger partial charge in [-0.15, -0.1) is 0 Å². The van der Waals surface area contributed by atoms with Gasteiger partial charge in [0.25, 0.3) is 0 Å². The van der Waals surface area contributed by atoms with Crippen molar-refractivity contribution in [3.05, 3.63) is 34.3 Å². The summed E-state index contributed by atoms with van der Waals surface area (Å²) in [5.41, 5.74) is 1.17. The Balaban J connectivity index is 3.10. The summed E-state index contributed by atoms with van der Waals surface area (Å²) in [5.74, 6) is -3.32. The third-order valence-electron chi connectivity index (χ3n) is 2.28. The van der Waals surface area contributed by atoms with E-state index in [1.807, 2.05) is 0 Å². The van der Waals surface area contributed by atoms with Gasteiger partial charge in [0.15, 0.2) is 0 Å². The monoisotopic (exact) mass is 242 g/mol. The first-order chi connectivity index (χ1) is 7.41. The summed E-state index contributed by atoms with van der Waals surface area (Å²) >= 11 is 5.74. The lowest BCUT2D eigenvalue weighted by molar-refractivity contribution is -0.145. The summed E-state index contributed by atoms with van der Waals surface area (Å²) in [6, 6.07) is 4.73. The van der Waals surface area contributed by atoms with Crippen LogP contribution in [0.2, 0.25) is 5.02 Å². The second-order valence-corrected chi connectivity index (χ2v) is 3.93. The summed E-state index contributed by atoms with van der Waals surface area (Å²) in [4.78, 5) is 21.6. The van der Waals surface area contributed by atoms with Crippen LogP contribution >= 0.6 is 11.6 Å². The first-order valence-electron chi connectivity index (χ1n) is 4.62. The summed E-state index contributed by atoms with van der Waals surface area (Å²) in [6.07, 6.45) is -0.433. The highest BCUT2D eigenvalue weighted by Crippen LogP contribution is 2.25. The molecule has 0 aliphatic heterocycles. The highest BCUT2D eigenvalue weighted by atomic mass is 35.5. The third-order valence-corrected chi connectivity index (χ3v) is 2.52. The van der Waals surface area contributed by atoms with Crippen molar-refractivity contribution in [2.45, 2.75) is 19.3 Å². The molecule has 5 heteroatoms. The molecule has 0 saturated carbocycles. The standard InChI is InChI=1S/C11H11ClO4/c1-6-4-7(12)2-3-8(6)9(11(15)16)5-10(13)14/h2-4,9H,5H2,1H3,(H,13,14)(H,15,16). The van der Waals surface area contributed by atoms with Gasteiger partial charge in [0.2, 0.25) is 0 Å². The lowest BCUT2D eigenvalue weighted by atomic mass is 9.92. The molecule has 1 rings (SSSR count). The number of hydrogen-bond donors (Lipinski definition) is 2. The number of benzene rings is 1. The number of carboxylic acids is 2. The minimum absolute atomic E-state index is 0.433. The highest BCUT2D eigenvalue weighted by molar-refractivity contribution is 6.30. The van der Waals surface area contributed by atoms with Crippen LogP contribution in [-0.2, 0) is 9.59 Å². The van der Waals surface area contributed by atoms with Crippen LogP contribution in [0.5, 0.6) is 0 Å². The Hall–Kier alpha value is -1.55. The molecule has 0 fully saturated rings. The maximum Gasteiger partial charge on any atom is 0.311 e. The molecule has 4 nitrogen and oxygen atoms in total. The molecule has 0 radical (unpaired) electrons. The van der Waals surface area contributed by atoms with E-state index in [4.69, 9.17) is 21.8 Å². The largest absolute Gasteiger partial charge is 0.481 e. The molecule has 0 amide bonds. The normalized spacial score (nSPS) is 12.1. The average Bonchev–Trinajstić information content (AvgIpc) is 2.14. The fourth-order valence-electron chi connectivity index (χ4n) is 1.54. The number of hydrogen-bond acceptors (Lipinski definition) is 2. The van der Waals surface area contributed by atoms with E-state index in [9.17, 15) is 9.59 Å². The van der Waals surface area contributed by atoms with Crippen LogP contribution in [0.3, 0.4) is 0 Å². The number of rotatable bonds is 4. The minimum atomic E-state index is -1.15. The Morgan fingerprint density at radius 1 is 1.38 bits per heavy atom. The SMILES string of the molecule is Cc1cc(Cl)ccc1C(CC(=O)O)C(=O)O. The van der Waals surface area contributed by atoms with Crippen molar-refractivity contribution in [2.24, 2.45) is 0 Å². The summed E-state index contributed by atoms with van der Waals surface area (Å²) < 4.78 is 0. The second-order valence-electron chi connectivity index (χ2n) is 3.49. The van der Waals surface area contributed by atoms with E-state index in [1.54, 1.807) is 25.1 Å². The fraction of sp³-hybridized carbons (Fsp3) is 0.273. The lowest BCUT2D eigenvalue weighted by Gasteiger charge is -2.13. The Morgan fingerprint density at radius 2 is 2.00 bits per heavy atom. The van der Waals surface area contributed by atoms with Gasteiger partial charge in [-0.05, 0) is 30.2 Å². The van der Waals surface area contributed by atoms with E-state index in [2.05, 4.69) is 0 Å². The smallest absolute Gasteiger partial charge is 0.311 e. The van der Waals surface area contributed by atoms with E-state index in [0.29, 0.717) is 16.1 Å². The number of carbonyl (C=O) groups is 2. The van der Waals surface area contributed by atoms with Crippen LogP contribution in [0.4, 0.5) is 0 Å². The van der Waals surface area contributed by atoms with Gasteiger partial charge < -0.3 is 10.2 Å². The predicted octanol–water partition coefficient (Wildman–Crippen LogP) is 2.29. The van der Waals surface area contributed by atoms with Crippen LogP contribution in [0.1, 0.15) is 23.5 Å². The molecule has 0 aliphatic carbocycles. The van der Waals surface area contributed by atoms with Crippen molar-refractivity contribution in [1.82, 2.24) is 0 Å². The molecule has 1 aromatic rings. The van der Waals surface area contributed by atoms with Crippen molar-refractivity contribution in [2.75, 3.05) is 0 Å². The molecule has 1 aromatic carbocycles. The van der Waals surface area contributed by atoms with Crippen LogP contribution in [0.15, 0.2) is 18.2 Å². The number of aryl methyl sites for hydroxylation is 1. The number of aliphatic carboxylic acids is 2. The van der Waals surface area contributed by atoms with Crippen molar-refractivity contribution in [3.8, 4) is 0 Å². The molecule has 2 N–H and O–H groups in total. The van der Waals surface area contributed by atoms with E-state index >= 15 is 0 Å². The van der Waals surface area contributed by atoms with Crippen LogP contribution in [-0.4, -0.2) is 22.2 Å². The molecule has 0 bridgehead atoms. The van der Waals surface area contributed by atoms with Gasteiger partial charge in [-0.3, -0.25) is 9.59 Å². The fourth-order valence-corrected chi connectivity index (χ4v) is 1.76. The van der Waals surface area contributed by atoms with E-state index < -0.39 is 24.3 Å². The Bertz CT molecular complexity index is 428. The van der Waals surface area contributed by atoms with Crippen LogP contribution in [0.25, 0.3) is 0 Å². The number of halogens is 1. The second kappa shape index (κ2) is 4.99. The quantitative estimate of drug-likeness (QED) is 0.850. The van der Waals surface area contributed by atoms with E-state index in [1.165, 1.54) is 0 Å². The first-order valence-corrected chi connectivity index (χ1v) is 5.00. The predicted molar refractivity (Wildman–Crippen MR) is 58.8 cm³/mol. The summed E-state index contributed by atoms with van der Waals surface area (Å²) in [5, 5.41) is 18.1. The van der Waals surface area contributed by atoms with Gasteiger partial charge in [-0.1, -0.05) is 17.7 Å². The highest BCUT2D eigenvalue weighted by Gasteiger charge is 2.24. The Morgan fingerprint density at radius 3 is 2.44 bits per heavy atom. The van der Waals surface area contributed by atoms with E-state index in [0.717, 1.165) is 0 Å². The van der Waals surface area contributed by atoms with Gasteiger partial charge in [-0.25, -0.2) is 0 Å². The van der Waals surface area contributed by atoms with Crippen molar-refractivity contribution >= 4 is 23.5 Å². The van der Waals surface area contributed by atoms with Crippen molar-refractivity contribution < 1.29 is 19.8 Å². The molecule has 86 valence electrons. The molecular weight excluding hydrogens is 232 g/mol. The average molecular weight is 243 g/mol. The van der Waals surface area contributed by atoms with E-state index in [-0.39, 0.29) is 0 Å². The third kappa shape index (κ3) is 2.97. The Labute approximate surface area is 97.5 Å². The Kier molecular flexibility index (Phi) is 3.90. The van der Waals surface area contributed by atoms with Crippen LogP contribution in [0, 0.1) is 6.92 Å². The summed E-state index contributed by atoms with van der Waals surface area (Å²) in [7, 11) is 0. The van der Waals surface area contributed by atoms with Crippen LogP contribution < -0.4 is 0 Å².